The zero-order valence-corrected chi connectivity index (χ0v) is 9.67. The summed E-state index contributed by atoms with van der Waals surface area (Å²) in [7, 11) is 0. The maximum atomic E-state index is 13.0. The van der Waals surface area contributed by atoms with Crippen LogP contribution in [-0.4, -0.2) is 11.9 Å². The van der Waals surface area contributed by atoms with Crippen molar-refractivity contribution < 1.29 is 18.3 Å². The second-order valence-corrected chi connectivity index (χ2v) is 4.20. The maximum Gasteiger partial charge on any atom is 0.303 e. The van der Waals surface area contributed by atoms with Gasteiger partial charge in [0, 0.05) is 17.5 Å². The SMILES string of the molecule is CC(=O)OC(C1=CC1(F)F)c1ccc(Cl)cc1. The van der Waals surface area contributed by atoms with Crippen LogP contribution >= 0.6 is 11.6 Å². The van der Waals surface area contributed by atoms with E-state index < -0.39 is 18.0 Å². The first-order chi connectivity index (χ1) is 7.90. The summed E-state index contributed by atoms with van der Waals surface area (Å²) in [5.74, 6) is -3.55. The van der Waals surface area contributed by atoms with E-state index in [0.717, 1.165) is 6.08 Å². The molecule has 1 atom stereocenters. The number of allylic oxidation sites excluding steroid dienone is 1. The van der Waals surface area contributed by atoms with Gasteiger partial charge in [0.05, 0.1) is 0 Å². The lowest BCUT2D eigenvalue weighted by Gasteiger charge is -2.15. The Labute approximate surface area is 102 Å². The van der Waals surface area contributed by atoms with Gasteiger partial charge < -0.3 is 4.74 Å². The summed E-state index contributed by atoms with van der Waals surface area (Å²) in [6.07, 6.45) is -0.241. The second kappa shape index (κ2) is 4.11. The highest BCUT2D eigenvalue weighted by molar-refractivity contribution is 6.30. The Bertz CT molecular complexity index is 480. The molecule has 1 aromatic carbocycles. The zero-order valence-electron chi connectivity index (χ0n) is 8.91. The maximum absolute atomic E-state index is 13.0. The first-order valence-corrected chi connectivity index (χ1v) is 5.31. The minimum Gasteiger partial charge on any atom is -0.453 e. The summed E-state index contributed by atoms with van der Waals surface area (Å²) in [5.41, 5.74) is 0.294. The van der Waals surface area contributed by atoms with Crippen LogP contribution in [0.1, 0.15) is 18.6 Å². The fourth-order valence-electron chi connectivity index (χ4n) is 1.52. The quantitative estimate of drug-likeness (QED) is 0.612. The highest BCUT2D eigenvalue weighted by Crippen LogP contribution is 2.49. The number of ether oxygens (including phenoxy) is 1. The van der Waals surface area contributed by atoms with Crippen molar-refractivity contribution in [3.05, 3.63) is 46.5 Å². The number of esters is 1. The van der Waals surface area contributed by atoms with E-state index in [9.17, 15) is 13.6 Å². The van der Waals surface area contributed by atoms with Crippen molar-refractivity contribution >= 4 is 17.6 Å². The minimum absolute atomic E-state index is 0.185. The average molecular weight is 259 g/mol. The minimum atomic E-state index is -2.94. The summed E-state index contributed by atoms with van der Waals surface area (Å²) >= 11 is 5.70. The largest absolute Gasteiger partial charge is 0.453 e. The van der Waals surface area contributed by atoms with Crippen LogP contribution in [0.5, 0.6) is 0 Å². The van der Waals surface area contributed by atoms with Gasteiger partial charge in [0.25, 0.3) is 5.92 Å². The van der Waals surface area contributed by atoms with Gasteiger partial charge in [0.15, 0.2) is 6.10 Å². The van der Waals surface area contributed by atoms with Crippen molar-refractivity contribution in [2.75, 3.05) is 0 Å². The highest BCUT2D eigenvalue weighted by atomic mass is 35.5. The van der Waals surface area contributed by atoms with E-state index in [1.165, 1.54) is 6.92 Å². The molecule has 0 N–H and O–H groups in total. The Morgan fingerprint density at radius 2 is 1.88 bits per heavy atom. The van der Waals surface area contributed by atoms with Crippen molar-refractivity contribution in [1.82, 2.24) is 0 Å². The van der Waals surface area contributed by atoms with Crippen LogP contribution in [0.3, 0.4) is 0 Å². The molecule has 2 nitrogen and oxygen atoms in total. The van der Waals surface area contributed by atoms with Crippen LogP contribution in [0.15, 0.2) is 35.9 Å². The Morgan fingerprint density at radius 3 is 2.29 bits per heavy atom. The van der Waals surface area contributed by atoms with Crippen LogP contribution in [0, 0.1) is 0 Å². The molecule has 1 unspecified atom stereocenters. The number of benzene rings is 1. The molecule has 5 heteroatoms. The third kappa shape index (κ3) is 2.64. The predicted molar refractivity (Wildman–Crippen MR) is 59.0 cm³/mol. The van der Waals surface area contributed by atoms with E-state index in [2.05, 4.69) is 0 Å². The molecule has 0 bridgehead atoms. The summed E-state index contributed by atoms with van der Waals surface area (Å²) in [6, 6.07) is 6.25. The van der Waals surface area contributed by atoms with E-state index in [-0.39, 0.29) is 5.57 Å². The number of carbonyl (C=O) groups excluding carboxylic acids is 1. The number of hydrogen-bond donors (Lipinski definition) is 0. The fraction of sp³-hybridized carbons (Fsp3) is 0.250. The van der Waals surface area contributed by atoms with Gasteiger partial charge in [0.1, 0.15) is 0 Å². The van der Waals surface area contributed by atoms with Gasteiger partial charge in [-0.15, -0.1) is 0 Å². The standard InChI is InChI=1S/C12H9ClF2O2/c1-7(16)17-11(10-6-12(10,14)15)8-2-4-9(13)5-3-8/h2-6,11H,1H3. The molecule has 0 amide bonds. The lowest BCUT2D eigenvalue weighted by atomic mass is 10.1. The third-order valence-electron chi connectivity index (χ3n) is 2.38. The van der Waals surface area contributed by atoms with Gasteiger partial charge in [-0.05, 0) is 23.8 Å². The molecule has 0 aromatic heterocycles. The Balaban J connectivity index is 2.25. The number of rotatable bonds is 3. The number of carbonyl (C=O) groups is 1. The summed E-state index contributed by atoms with van der Waals surface area (Å²) in [6.45, 7) is 1.18. The van der Waals surface area contributed by atoms with E-state index in [0.29, 0.717) is 10.6 Å². The molecule has 0 saturated heterocycles. The molecule has 1 aromatic rings. The normalized spacial score (nSPS) is 18.2. The average Bonchev–Trinajstić information content (AvgIpc) is 2.85. The van der Waals surface area contributed by atoms with Crippen molar-refractivity contribution in [2.24, 2.45) is 0 Å². The molecule has 0 fully saturated rings. The Hall–Kier alpha value is -1.42. The summed E-state index contributed by atoms with van der Waals surface area (Å²) in [5, 5.41) is 0.492. The molecule has 1 aliphatic rings. The van der Waals surface area contributed by atoms with Gasteiger partial charge in [-0.2, -0.15) is 8.78 Å². The van der Waals surface area contributed by atoms with Crippen LogP contribution < -0.4 is 0 Å². The molecule has 0 aliphatic heterocycles. The van der Waals surface area contributed by atoms with E-state index in [1.54, 1.807) is 24.3 Å². The lowest BCUT2D eigenvalue weighted by molar-refractivity contribution is -0.145. The molecule has 90 valence electrons. The van der Waals surface area contributed by atoms with Gasteiger partial charge in [-0.3, -0.25) is 4.79 Å². The van der Waals surface area contributed by atoms with E-state index in [4.69, 9.17) is 16.3 Å². The monoisotopic (exact) mass is 258 g/mol. The number of alkyl halides is 2. The van der Waals surface area contributed by atoms with Crippen molar-refractivity contribution in [1.29, 1.82) is 0 Å². The molecule has 17 heavy (non-hydrogen) atoms. The first kappa shape index (κ1) is 12.0. The molecule has 1 aliphatic carbocycles. The third-order valence-corrected chi connectivity index (χ3v) is 2.63. The van der Waals surface area contributed by atoms with Gasteiger partial charge in [-0.1, -0.05) is 23.7 Å². The summed E-state index contributed by atoms with van der Waals surface area (Å²) in [4.78, 5) is 10.9. The van der Waals surface area contributed by atoms with Crippen LogP contribution in [0.4, 0.5) is 8.78 Å². The predicted octanol–water partition coefficient (Wildman–Crippen LogP) is 3.52. The topological polar surface area (TPSA) is 26.3 Å². The fourth-order valence-corrected chi connectivity index (χ4v) is 1.65. The molecule has 0 saturated carbocycles. The Kier molecular flexibility index (Phi) is 2.91. The van der Waals surface area contributed by atoms with Crippen molar-refractivity contribution in [3.63, 3.8) is 0 Å². The molecule has 0 radical (unpaired) electrons. The van der Waals surface area contributed by atoms with Gasteiger partial charge in [-0.25, -0.2) is 0 Å². The van der Waals surface area contributed by atoms with E-state index in [1.807, 2.05) is 0 Å². The van der Waals surface area contributed by atoms with Crippen molar-refractivity contribution in [2.45, 2.75) is 19.0 Å². The molecule has 0 spiro atoms. The van der Waals surface area contributed by atoms with Crippen molar-refractivity contribution in [3.8, 4) is 0 Å². The van der Waals surface area contributed by atoms with E-state index >= 15 is 0 Å². The van der Waals surface area contributed by atoms with Crippen LogP contribution in [0.25, 0.3) is 0 Å². The van der Waals surface area contributed by atoms with Gasteiger partial charge in [0.2, 0.25) is 0 Å². The highest BCUT2D eigenvalue weighted by Gasteiger charge is 2.51. The first-order valence-electron chi connectivity index (χ1n) is 4.94. The molecular formula is C12H9ClF2O2. The second-order valence-electron chi connectivity index (χ2n) is 3.76. The lowest BCUT2D eigenvalue weighted by Crippen LogP contribution is -2.12. The molecule has 2 rings (SSSR count). The summed E-state index contributed by atoms with van der Waals surface area (Å²) < 4.78 is 30.8. The number of halogens is 3. The molecular weight excluding hydrogens is 250 g/mol. The smallest absolute Gasteiger partial charge is 0.303 e. The Morgan fingerprint density at radius 1 is 1.35 bits per heavy atom. The molecule has 0 heterocycles. The van der Waals surface area contributed by atoms with Crippen LogP contribution in [0.2, 0.25) is 5.02 Å². The van der Waals surface area contributed by atoms with Crippen LogP contribution in [-0.2, 0) is 9.53 Å². The number of hydrogen-bond acceptors (Lipinski definition) is 2. The zero-order chi connectivity index (χ0) is 12.6. The van der Waals surface area contributed by atoms with Gasteiger partial charge >= 0.3 is 5.97 Å².